The Balaban J connectivity index is 2.42. The number of imide groups is 1. The molecular formula is C12H21N3O4. The van der Waals surface area contributed by atoms with Crippen molar-refractivity contribution in [2.24, 2.45) is 0 Å². The second-order valence-electron chi connectivity index (χ2n) is 4.29. The van der Waals surface area contributed by atoms with Gasteiger partial charge in [-0.25, -0.2) is 4.79 Å². The van der Waals surface area contributed by atoms with Crippen LogP contribution in [0.2, 0.25) is 0 Å². The summed E-state index contributed by atoms with van der Waals surface area (Å²) in [4.78, 5) is 37.3. The van der Waals surface area contributed by atoms with E-state index >= 15 is 0 Å². The summed E-state index contributed by atoms with van der Waals surface area (Å²) in [5.74, 6) is -0.509. The Kier molecular flexibility index (Phi) is 6.27. The Morgan fingerprint density at radius 2 is 2.11 bits per heavy atom. The van der Waals surface area contributed by atoms with Crippen LogP contribution in [0.1, 0.15) is 20.3 Å². The van der Waals surface area contributed by atoms with E-state index in [1.807, 2.05) is 11.8 Å². The van der Waals surface area contributed by atoms with E-state index in [0.717, 1.165) is 13.0 Å². The molecule has 7 heteroatoms. The summed E-state index contributed by atoms with van der Waals surface area (Å²) in [7, 11) is 0. The summed E-state index contributed by atoms with van der Waals surface area (Å²) in [5.41, 5.74) is 0. The molecule has 3 amide bonds. The summed E-state index contributed by atoms with van der Waals surface area (Å²) in [5, 5.41) is 2.46. The lowest BCUT2D eigenvalue weighted by atomic mass is 10.3. The first kappa shape index (κ1) is 15.4. The SMILES string of the molecule is CCCN(CCN1C(=O)CNC1=O)CC(=O)OCC. The molecule has 19 heavy (non-hydrogen) atoms. The predicted molar refractivity (Wildman–Crippen MR) is 68.5 cm³/mol. The monoisotopic (exact) mass is 271 g/mol. The van der Waals surface area contributed by atoms with Crippen LogP contribution in [0.3, 0.4) is 0 Å². The second kappa shape index (κ2) is 7.73. The largest absolute Gasteiger partial charge is 0.465 e. The number of nitrogens with one attached hydrogen (secondary N) is 1. The zero-order valence-electron chi connectivity index (χ0n) is 11.5. The summed E-state index contributed by atoms with van der Waals surface area (Å²) in [6.45, 7) is 5.86. The maximum absolute atomic E-state index is 11.4. The first-order valence-electron chi connectivity index (χ1n) is 6.54. The number of hydrogen-bond acceptors (Lipinski definition) is 5. The highest BCUT2D eigenvalue weighted by atomic mass is 16.5. The molecule has 0 aliphatic carbocycles. The Hall–Kier alpha value is -1.63. The molecule has 0 aromatic carbocycles. The van der Waals surface area contributed by atoms with Gasteiger partial charge in [0, 0.05) is 13.1 Å². The molecule has 1 saturated heterocycles. The molecule has 0 atom stereocenters. The molecule has 1 rings (SSSR count). The van der Waals surface area contributed by atoms with Crippen molar-refractivity contribution < 1.29 is 19.1 Å². The minimum atomic E-state index is -0.363. The van der Waals surface area contributed by atoms with E-state index in [9.17, 15) is 14.4 Å². The van der Waals surface area contributed by atoms with Gasteiger partial charge in [-0.2, -0.15) is 0 Å². The fourth-order valence-electron chi connectivity index (χ4n) is 1.90. The average Bonchev–Trinajstić information content (AvgIpc) is 2.67. The second-order valence-corrected chi connectivity index (χ2v) is 4.29. The van der Waals surface area contributed by atoms with Gasteiger partial charge in [-0.05, 0) is 19.9 Å². The summed E-state index contributed by atoms with van der Waals surface area (Å²) >= 11 is 0. The van der Waals surface area contributed by atoms with Crippen molar-refractivity contribution in [2.45, 2.75) is 20.3 Å². The highest BCUT2D eigenvalue weighted by Crippen LogP contribution is 2.01. The fourth-order valence-corrected chi connectivity index (χ4v) is 1.90. The number of amides is 3. The number of ether oxygens (including phenoxy) is 1. The van der Waals surface area contributed by atoms with Gasteiger partial charge in [0.15, 0.2) is 0 Å². The van der Waals surface area contributed by atoms with Crippen molar-refractivity contribution >= 4 is 17.9 Å². The van der Waals surface area contributed by atoms with Gasteiger partial charge in [0.25, 0.3) is 0 Å². The van der Waals surface area contributed by atoms with Crippen LogP contribution < -0.4 is 5.32 Å². The third-order valence-corrected chi connectivity index (χ3v) is 2.77. The Bertz CT molecular complexity index is 330. The quantitative estimate of drug-likeness (QED) is 0.489. The standard InChI is InChI=1S/C12H21N3O4/c1-3-5-14(9-11(17)19-4-2)6-7-15-10(16)8-13-12(15)18/h3-9H2,1-2H3,(H,13,18). The summed E-state index contributed by atoms with van der Waals surface area (Å²) < 4.78 is 4.89. The zero-order chi connectivity index (χ0) is 14.3. The third-order valence-electron chi connectivity index (χ3n) is 2.77. The van der Waals surface area contributed by atoms with Crippen molar-refractivity contribution in [2.75, 3.05) is 39.3 Å². The predicted octanol–water partition coefficient (Wildman–Crippen LogP) is -0.187. The zero-order valence-corrected chi connectivity index (χ0v) is 11.5. The van der Waals surface area contributed by atoms with Crippen LogP contribution in [-0.2, 0) is 14.3 Å². The Morgan fingerprint density at radius 1 is 1.37 bits per heavy atom. The normalized spacial score (nSPS) is 15.0. The van der Waals surface area contributed by atoms with E-state index in [1.54, 1.807) is 6.92 Å². The molecule has 1 heterocycles. The van der Waals surface area contributed by atoms with Gasteiger partial charge in [0.1, 0.15) is 0 Å². The van der Waals surface area contributed by atoms with E-state index < -0.39 is 0 Å². The molecule has 108 valence electrons. The molecule has 0 aromatic rings. The molecule has 0 saturated carbocycles. The molecule has 7 nitrogen and oxygen atoms in total. The van der Waals surface area contributed by atoms with Crippen LogP contribution in [0.15, 0.2) is 0 Å². The minimum Gasteiger partial charge on any atom is -0.465 e. The van der Waals surface area contributed by atoms with Gasteiger partial charge < -0.3 is 10.1 Å². The minimum absolute atomic E-state index is 0.0600. The number of hydrogen-bond donors (Lipinski definition) is 1. The van der Waals surface area contributed by atoms with Crippen molar-refractivity contribution in [3.63, 3.8) is 0 Å². The molecule has 1 aliphatic rings. The first-order chi connectivity index (χ1) is 9.08. The molecule has 1 aliphatic heterocycles. The van der Waals surface area contributed by atoms with Crippen molar-refractivity contribution in [3.8, 4) is 0 Å². The molecule has 0 spiro atoms. The van der Waals surface area contributed by atoms with Crippen LogP contribution in [0.25, 0.3) is 0 Å². The highest BCUT2D eigenvalue weighted by Gasteiger charge is 2.28. The Labute approximate surface area is 112 Å². The van der Waals surface area contributed by atoms with Crippen LogP contribution in [-0.4, -0.2) is 67.0 Å². The first-order valence-corrected chi connectivity index (χ1v) is 6.54. The van der Waals surface area contributed by atoms with Crippen molar-refractivity contribution in [3.05, 3.63) is 0 Å². The van der Waals surface area contributed by atoms with Crippen LogP contribution in [0.5, 0.6) is 0 Å². The lowest BCUT2D eigenvalue weighted by molar-refractivity contribution is -0.144. The topological polar surface area (TPSA) is 79.0 Å². The van der Waals surface area contributed by atoms with E-state index in [0.29, 0.717) is 19.7 Å². The van der Waals surface area contributed by atoms with Gasteiger partial charge >= 0.3 is 12.0 Å². The smallest absolute Gasteiger partial charge is 0.324 e. The number of rotatable bonds is 8. The number of carbonyl (C=O) groups excluding carboxylic acids is 3. The van der Waals surface area contributed by atoms with Gasteiger partial charge in [-0.3, -0.25) is 19.4 Å². The number of nitrogens with zero attached hydrogens (tertiary/aromatic N) is 2. The maximum atomic E-state index is 11.4. The van der Waals surface area contributed by atoms with E-state index in [1.165, 1.54) is 4.90 Å². The summed E-state index contributed by atoms with van der Waals surface area (Å²) in [6.07, 6.45) is 0.888. The number of carbonyl (C=O) groups is 3. The van der Waals surface area contributed by atoms with Gasteiger partial charge in [-0.15, -0.1) is 0 Å². The van der Waals surface area contributed by atoms with Crippen LogP contribution in [0.4, 0.5) is 4.79 Å². The van der Waals surface area contributed by atoms with Crippen molar-refractivity contribution in [1.29, 1.82) is 0 Å². The molecule has 1 fully saturated rings. The molecule has 0 bridgehead atoms. The van der Waals surface area contributed by atoms with Gasteiger partial charge in [0.05, 0.1) is 19.7 Å². The van der Waals surface area contributed by atoms with Crippen LogP contribution in [0, 0.1) is 0 Å². The molecule has 0 aromatic heterocycles. The maximum Gasteiger partial charge on any atom is 0.324 e. The van der Waals surface area contributed by atoms with Gasteiger partial charge in [-0.1, -0.05) is 6.92 Å². The average molecular weight is 271 g/mol. The van der Waals surface area contributed by atoms with Crippen LogP contribution >= 0.6 is 0 Å². The summed E-state index contributed by atoms with van der Waals surface area (Å²) in [6, 6.07) is -0.363. The molecule has 1 N–H and O–H groups in total. The number of esters is 1. The lowest BCUT2D eigenvalue weighted by Crippen LogP contribution is -2.41. The highest BCUT2D eigenvalue weighted by molar-refractivity contribution is 6.01. The third kappa shape index (κ3) is 4.86. The van der Waals surface area contributed by atoms with E-state index in [2.05, 4.69) is 5.32 Å². The number of urea groups is 1. The van der Waals surface area contributed by atoms with Crippen molar-refractivity contribution in [1.82, 2.24) is 15.1 Å². The van der Waals surface area contributed by atoms with E-state index in [-0.39, 0.29) is 31.0 Å². The van der Waals surface area contributed by atoms with E-state index in [4.69, 9.17) is 4.74 Å². The molecule has 0 radical (unpaired) electrons. The lowest BCUT2D eigenvalue weighted by Gasteiger charge is -2.22. The molecular weight excluding hydrogens is 250 g/mol. The Morgan fingerprint density at radius 3 is 2.63 bits per heavy atom. The van der Waals surface area contributed by atoms with Gasteiger partial charge in [0.2, 0.25) is 5.91 Å². The molecule has 0 unspecified atom stereocenters. The fraction of sp³-hybridized carbons (Fsp3) is 0.750.